The molecule has 1 unspecified atom stereocenters. The van der Waals surface area contributed by atoms with Gasteiger partial charge in [-0.3, -0.25) is 4.79 Å². The number of tetrazole rings is 1. The van der Waals surface area contributed by atoms with Crippen LogP contribution in [-0.2, 0) is 21.9 Å². The first kappa shape index (κ1) is 17.0. The van der Waals surface area contributed by atoms with Crippen molar-refractivity contribution in [1.82, 2.24) is 24.9 Å². The normalized spacial score (nSPS) is 13.2. The summed E-state index contributed by atoms with van der Waals surface area (Å²) in [5.74, 6) is -1.22. The van der Waals surface area contributed by atoms with Crippen LogP contribution in [0.1, 0.15) is 13.8 Å². The molecule has 0 spiro atoms. The lowest BCUT2D eigenvalue weighted by molar-refractivity contribution is -0.140. The second kappa shape index (κ2) is 6.42. The molecule has 0 aliphatic carbocycles. The standard InChI is InChI=1S/C13H17N5O4S/c1-8(2)11(13(19)20)15-23(21,22)10-6-4-5-9(7-10)12-14-16-17-18(12)3/h4-8,11,15H,1-3H3,(H,19,20). The van der Waals surface area contributed by atoms with Crippen LogP contribution in [-0.4, -0.2) is 45.7 Å². The third kappa shape index (κ3) is 3.71. The second-order valence-electron chi connectivity index (χ2n) is 5.34. The van der Waals surface area contributed by atoms with Gasteiger partial charge in [-0.15, -0.1) is 5.10 Å². The Morgan fingerprint density at radius 3 is 2.57 bits per heavy atom. The zero-order valence-corrected chi connectivity index (χ0v) is 13.6. The molecule has 2 rings (SSSR count). The summed E-state index contributed by atoms with van der Waals surface area (Å²) in [5.41, 5.74) is 0.511. The van der Waals surface area contributed by atoms with Crippen LogP contribution in [0.2, 0.25) is 0 Å². The molecule has 1 aromatic heterocycles. The van der Waals surface area contributed by atoms with Crippen molar-refractivity contribution in [2.75, 3.05) is 0 Å². The number of carboxylic acid groups (broad SMARTS) is 1. The van der Waals surface area contributed by atoms with E-state index in [1.54, 1.807) is 33.0 Å². The number of hydrogen-bond acceptors (Lipinski definition) is 6. The van der Waals surface area contributed by atoms with Gasteiger partial charge in [0.25, 0.3) is 0 Å². The number of carboxylic acids is 1. The number of hydrogen-bond donors (Lipinski definition) is 2. The van der Waals surface area contributed by atoms with Crippen molar-refractivity contribution >= 4 is 16.0 Å². The molecule has 2 aromatic rings. The van der Waals surface area contributed by atoms with Crippen LogP contribution in [0.3, 0.4) is 0 Å². The molecule has 0 amide bonds. The van der Waals surface area contributed by atoms with Crippen LogP contribution in [0, 0.1) is 5.92 Å². The maximum absolute atomic E-state index is 12.4. The van der Waals surface area contributed by atoms with Crippen molar-refractivity contribution in [1.29, 1.82) is 0 Å². The molecule has 23 heavy (non-hydrogen) atoms. The summed E-state index contributed by atoms with van der Waals surface area (Å²) in [7, 11) is -2.35. The lowest BCUT2D eigenvalue weighted by atomic mass is 10.1. The number of sulfonamides is 1. The summed E-state index contributed by atoms with van der Waals surface area (Å²) in [6, 6.07) is 4.79. The average Bonchev–Trinajstić information content (AvgIpc) is 2.90. The van der Waals surface area contributed by atoms with Gasteiger partial charge in [0, 0.05) is 12.6 Å². The first-order valence-corrected chi connectivity index (χ1v) is 8.28. The molecule has 0 saturated heterocycles. The fourth-order valence-corrected chi connectivity index (χ4v) is 3.37. The van der Waals surface area contributed by atoms with E-state index in [1.807, 2.05) is 0 Å². The SMILES string of the molecule is CC(C)C(NS(=O)(=O)c1cccc(-c2nnnn2C)c1)C(=O)O. The maximum atomic E-state index is 12.4. The number of benzene rings is 1. The smallest absolute Gasteiger partial charge is 0.322 e. The molecule has 0 fully saturated rings. The number of aromatic nitrogens is 4. The van der Waals surface area contributed by atoms with Crippen molar-refractivity contribution in [3.63, 3.8) is 0 Å². The van der Waals surface area contributed by atoms with Gasteiger partial charge < -0.3 is 5.11 Å². The molecule has 1 aromatic carbocycles. The van der Waals surface area contributed by atoms with Crippen LogP contribution in [0.15, 0.2) is 29.2 Å². The van der Waals surface area contributed by atoms with Gasteiger partial charge in [-0.25, -0.2) is 13.1 Å². The first-order chi connectivity index (χ1) is 10.7. The molecule has 1 atom stereocenters. The largest absolute Gasteiger partial charge is 0.480 e. The van der Waals surface area contributed by atoms with Crippen LogP contribution in [0.4, 0.5) is 0 Å². The monoisotopic (exact) mass is 339 g/mol. The number of nitrogens with one attached hydrogen (secondary N) is 1. The summed E-state index contributed by atoms with van der Waals surface area (Å²) < 4.78 is 28.5. The van der Waals surface area contributed by atoms with Crippen molar-refractivity contribution in [3.8, 4) is 11.4 Å². The van der Waals surface area contributed by atoms with Crippen LogP contribution < -0.4 is 4.72 Å². The highest BCUT2D eigenvalue weighted by Gasteiger charge is 2.28. The van der Waals surface area contributed by atoms with Gasteiger partial charge in [0.1, 0.15) is 6.04 Å². The quantitative estimate of drug-likeness (QED) is 0.773. The Morgan fingerprint density at radius 1 is 1.35 bits per heavy atom. The highest BCUT2D eigenvalue weighted by atomic mass is 32.2. The lowest BCUT2D eigenvalue weighted by Crippen LogP contribution is -2.44. The molecule has 0 aliphatic heterocycles. The van der Waals surface area contributed by atoms with E-state index in [1.165, 1.54) is 16.8 Å². The van der Waals surface area contributed by atoms with E-state index < -0.39 is 28.0 Å². The Hall–Kier alpha value is -2.33. The average molecular weight is 339 g/mol. The van der Waals surface area contributed by atoms with Gasteiger partial charge in [-0.2, -0.15) is 4.72 Å². The van der Waals surface area contributed by atoms with Gasteiger partial charge in [0.05, 0.1) is 4.90 Å². The zero-order chi connectivity index (χ0) is 17.2. The molecule has 0 radical (unpaired) electrons. The van der Waals surface area contributed by atoms with E-state index >= 15 is 0 Å². The van der Waals surface area contributed by atoms with Gasteiger partial charge >= 0.3 is 5.97 Å². The van der Waals surface area contributed by atoms with E-state index in [4.69, 9.17) is 5.11 Å². The molecule has 0 saturated carbocycles. The molecule has 2 N–H and O–H groups in total. The highest BCUT2D eigenvalue weighted by molar-refractivity contribution is 7.89. The van der Waals surface area contributed by atoms with Gasteiger partial charge in [0.2, 0.25) is 10.0 Å². The van der Waals surface area contributed by atoms with E-state index in [0.29, 0.717) is 11.4 Å². The Kier molecular flexibility index (Phi) is 4.76. The van der Waals surface area contributed by atoms with Crippen molar-refractivity contribution in [2.24, 2.45) is 13.0 Å². The Labute approximate surface area is 133 Å². The Bertz CT molecular complexity index is 815. The molecule has 10 heteroatoms. The van der Waals surface area contributed by atoms with E-state index in [-0.39, 0.29) is 4.90 Å². The zero-order valence-electron chi connectivity index (χ0n) is 12.8. The topological polar surface area (TPSA) is 127 Å². The van der Waals surface area contributed by atoms with E-state index in [2.05, 4.69) is 20.2 Å². The number of aryl methyl sites for hydroxylation is 1. The van der Waals surface area contributed by atoms with Crippen molar-refractivity contribution in [2.45, 2.75) is 24.8 Å². The van der Waals surface area contributed by atoms with Crippen LogP contribution >= 0.6 is 0 Å². The fraction of sp³-hybridized carbons (Fsp3) is 0.385. The minimum absolute atomic E-state index is 0.0510. The predicted molar refractivity (Wildman–Crippen MR) is 80.8 cm³/mol. The molecular formula is C13H17N5O4S. The summed E-state index contributed by atoms with van der Waals surface area (Å²) >= 11 is 0. The lowest BCUT2D eigenvalue weighted by Gasteiger charge is -2.18. The van der Waals surface area contributed by atoms with Gasteiger partial charge in [0.15, 0.2) is 5.82 Å². The molecule has 1 heterocycles. The van der Waals surface area contributed by atoms with Crippen LogP contribution in [0.25, 0.3) is 11.4 Å². The molecule has 9 nitrogen and oxygen atoms in total. The molecule has 0 aliphatic rings. The third-order valence-corrected chi connectivity index (χ3v) is 4.68. The van der Waals surface area contributed by atoms with Gasteiger partial charge in [-0.05, 0) is 28.5 Å². The minimum atomic E-state index is -3.98. The summed E-state index contributed by atoms with van der Waals surface area (Å²) in [5, 5.41) is 20.2. The first-order valence-electron chi connectivity index (χ1n) is 6.80. The summed E-state index contributed by atoms with van der Waals surface area (Å²) in [6.07, 6.45) is 0. The predicted octanol–water partition coefficient (Wildman–Crippen LogP) is 0.265. The van der Waals surface area contributed by atoms with E-state index in [9.17, 15) is 13.2 Å². The molecular weight excluding hydrogens is 322 g/mol. The van der Waals surface area contributed by atoms with E-state index in [0.717, 1.165) is 0 Å². The highest BCUT2D eigenvalue weighted by Crippen LogP contribution is 2.20. The van der Waals surface area contributed by atoms with Crippen molar-refractivity contribution in [3.05, 3.63) is 24.3 Å². The third-order valence-electron chi connectivity index (χ3n) is 3.24. The number of rotatable bonds is 6. The fourth-order valence-electron chi connectivity index (χ4n) is 1.98. The number of aliphatic carboxylic acids is 1. The molecule has 124 valence electrons. The number of carbonyl (C=O) groups is 1. The molecule has 0 bridgehead atoms. The second-order valence-corrected chi connectivity index (χ2v) is 7.05. The Balaban J connectivity index is 2.38. The van der Waals surface area contributed by atoms with Crippen LogP contribution in [0.5, 0.6) is 0 Å². The van der Waals surface area contributed by atoms with Crippen molar-refractivity contribution < 1.29 is 18.3 Å². The minimum Gasteiger partial charge on any atom is -0.480 e. The summed E-state index contributed by atoms with van der Waals surface area (Å²) in [6.45, 7) is 3.26. The maximum Gasteiger partial charge on any atom is 0.322 e. The summed E-state index contributed by atoms with van der Waals surface area (Å²) in [4.78, 5) is 11.1. The number of nitrogens with zero attached hydrogens (tertiary/aromatic N) is 4. The Morgan fingerprint density at radius 2 is 2.04 bits per heavy atom. The van der Waals surface area contributed by atoms with Gasteiger partial charge in [-0.1, -0.05) is 26.0 Å².